The lowest BCUT2D eigenvalue weighted by atomic mass is 10.0. The first-order valence-corrected chi connectivity index (χ1v) is 11.0. The van der Waals surface area contributed by atoms with Gasteiger partial charge in [0, 0.05) is 23.9 Å². The average molecular weight is 434 g/mol. The number of rotatable bonds is 5. The summed E-state index contributed by atoms with van der Waals surface area (Å²) in [5.74, 6) is -0.194. The third-order valence-corrected chi connectivity index (χ3v) is 5.77. The van der Waals surface area contributed by atoms with Crippen molar-refractivity contribution in [3.8, 4) is 0 Å². The maximum atomic E-state index is 13.4. The SMILES string of the molecule is O=C1CC(CC(=Nc2ccccc2)Nc2ccccc2)C(=O)N1c1cccc2ccccc12. The van der Waals surface area contributed by atoms with Gasteiger partial charge in [0.15, 0.2) is 0 Å². The Morgan fingerprint density at radius 1 is 0.818 bits per heavy atom. The highest BCUT2D eigenvalue weighted by atomic mass is 16.2. The van der Waals surface area contributed by atoms with Crippen molar-refractivity contribution in [1.29, 1.82) is 0 Å². The zero-order valence-corrected chi connectivity index (χ0v) is 18.0. The molecule has 2 amide bonds. The zero-order valence-electron chi connectivity index (χ0n) is 18.0. The van der Waals surface area contributed by atoms with Gasteiger partial charge in [-0.3, -0.25) is 9.59 Å². The molecule has 1 saturated heterocycles. The molecule has 1 N–H and O–H groups in total. The molecule has 4 aromatic carbocycles. The maximum absolute atomic E-state index is 13.4. The van der Waals surface area contributed by atoms with Crippen molar-refractivity contribution in [2.45, 2.75) is 12.8 Å². The van der Waals surface area contributed by atoms with Gasteiger partial charge in [-0.2, -0.15) is 0 Å². The minimum Gasteiger partial charge on any atom is -0.344 e. The lowest BCUT2D eigenvalue weighted by molar-refractivity contribution is -0.122. The molecular weight excluding hydrogens is 410 g/mol. The number of benzene rings is 4. The van der Waals surface area contributed by atoms with Gasteiger partial charge in [0.2, 0.25) is 11.8 Å². The number of carbonyl (C=O) groups excluding carboxylic acids is 2. The number of hydrogen-bond donors (Lipinski definition) is 1. The topological polar surface area (TPSA) is 61.8 Å². The van der Waals surface area contributed by atoms with Crippen LogP contribution in [-0.2, 0) is 9.59 Å². The third kappa shape index (κ3) is 4.39. The number of aliphatic imine (C=N–C) groups is 1. The van der Waals surface area contributed by atoms with Gasteiger partial charge >= 0.3 is 0 Å². The Labute approximate surface area is 192 Å². The van der Waals surface area contributed by atoms with E-state index in [0.717, 1.165) is 22.1 Å². The van der Waals surface area contributed by atoms with E-state index in [4.69, 9.17) is 4.99 Å². The first kappa shape index (κ1) is 20.6. The molecule has 1 unspecified atom stereocenters. The van der Waals surface area contributed by atoms with Crippen molar-refractivity contribution in [3.05, 3.63) is 103 Å². The molecule has 5 rings (SSSR count). The molecule has 0 bridgehead atoms. The molecule has 1 aliphatic heterocycles. The van der Waals surface area contributed by atoms with Crippen molar-refractivity contribution >= 4 is 45.5 Å². The standard InChI is InChI=1S/C28H23N3O2/c32-27-19-21(28(33)31(27)25-17-9-11-20-10-7-8-16-24(20)25)18-26(29-22-12-3-1-4-13-22)30-23-14-5-2-6-15-23/h1-17,21H,18-19H2,(H,29,30). The Balaban J connectivity index is 1.44. The van der Waals surface area contributed by atoms with Crippen LogP contribution in [0, 0.1) is 5.92 Å². The van der Waals surface area contributed by atoms with Crippen LogP contribution in [0.1, 0.15) is 12.8 Å². The Kier molecular flexibility index (Phi) is 5.68. The van der Waals surface area contributed by atoms with Crippen LogP contribution in [0.5, 0.6) is 0 Å². The summed E-state index contributed by atoms with van der Waals surface area (Å²) in [7, 11) is 0. The predicted octanol–water partition coefficient (Wildman–Crippen LogP) is 5.95. The molecule has 162 valence electrons. The molecule has 1 heterocycles. The first-order valence-electron chi connectivity index (χ1n) is 11.0. The van der Waals surface area contributed by atoms with Gasteiger partial charge in [-0.25, -0.2) is 9.89 Å². The maximum Gasteiger partial charge on any atom is 0.237 e. The highest BCUT2D eigenvalue weighted by Gasteiger charge is 2.40. The quantitative estimate of drug-likeness (QED) is 0.240. The highest BCUT2D eigenvalue weighted by molar-refractivity contribution is 6.24. The second kappa shape index (κ2) is 9.09. The number of imide groups is 1. The van der Waals surface area contributed by atoms with Crippen LogP contribution in [0.3, 0.4) is 0 Å². The lowest BCUT2D eigenvalue weighted by Crippen LogP contribution is -2.31. The summed E-state index contributed by atoms with van der Waals surface area (Å²) in [6, 6.07) is 32.8. The van der Waals surface area contributed by atoms with Crippen molar-refractivity contribution in [2.24, 2.45) is 10.9 Å². The van der Waals surface area contributed by atoms with Crippen LogP contribution in [0.15, 0.2) is 108 Å². The van der Waals surface area contributed by atoms with Gasteiger partial charge in [-0.15, -0.1) is 0 Å². The van der Waals surface area contributed by atoms with E-state index >= 15 is 0 Å². The second-order valence-electron chi connectivity index (χ2n) is 8.06. The fourth-order valence-corrected chi connectivity index (χ4v) is 4.22. The summed E-state index contributed by atoms with van der Waals surface area (Å²) in [5, 5.41) is 5.23. The minimum atomic E-state index is -0.477. The molecule has 0 saturated carbocycles. The van der Waals surface area contributed by atoms with E-state index in [9.17, 15) is 9.59 Å². The van der Waals surface area contributed by atoms with Gasteiger partial charge in [0.05, 0.1) is 17.3 Å². The summed E-state index contributed by atoms with van der Waals surface area (Å²) < 4.78 is 0. The summed E-state index contributed by atoms with van der Waals surface area (Å²) in [6.07, 6.45) is 0.502. The average Bonchev–Trinajstić information content (AvgIpc) is 3.12. The monoisotopic (exact) mass is 433 g/mol. The number of fused-ring (bicyclic) bond motifs is 1. The number of amidine groups is 1. The van der Waals surface area contributed by atoms with E-state index in [2.05, 4.69) is 5.32 Å². The Bertz CT molecular complexity index is 1330. The van der Waals surface area contributed by atoms with Crippen molar-refractivity contribution in [1.82, 2.24) is 0 Å². The lowest BCUT2D eigenvalue weighted by Gasteiger charge is -2.18. The molecule has 4 aromatic rings. The Hall–Kier alpha value is -4.25. The molecule has 0 aromatic heterocycles. The van der Waals surface area contributed by atoms with Gasteiger partial charge in [-0.05, 0) is 35.7 Å². The van der Waals surface area contributed by atoms with E-state index < -0.39 is 5.92 Å². The highest BCUT2D eigenvalue weighted by Crippen LogP contribution is 2.34. The molecule has 0 radical (unpaired) electrons. The molecule has 1 atom stereocenters. The first-order chi connectivity index (χ1) is 16.2. The third-order valence-electron chi connectivity index (χ3n) is 5.77. The summed E-state index contributed by atoms with van der Waals surface area (Å²) in [6.45, 7) is 0. The molecule has 33 heavy (non-hydrogen) atoms. The second-order valence-corrected chi connectivity index (χ2v) is 8.06. The molecular formula is C28H23N3O2. The molecule has 1 aliphatic rings. The number of carbonyl (C=O) groups is 2. The summed E-state index contributed by atoms with van der Waals surface area (Å²) in [4.78, 5) is 32.5. The molecule has 5 nitrogen and oxygen atoms in total. The largest absolute Gasteiger partial charge is 0.344 e. The van der Waals surface area contributed by atoms with Gasteiger partial charge in [0.25, 0.3) is 0 Å². The molecule has 1 fully saturated rings. The van der Waals surface area contributed by atoms with E-state index in [1.165, 1.54) is 4.90 Å². The van der Waals surface area contributed by atoms with Crippen LogP contribution in [0.4, 0.5) is 17.1 Å². The molecule has 0 spiro atoms. The number of para-hydroxylation sites is 2. The Morgan fingerprint density at radius 2 is 1.48 bits per heavy atom. The molecule has 0 aliphatic carbocycles. The summed E-state index contributed by atoms with van der Waals surface area (Å²) >= 11 is 0. The Morgan fingerprint density at radius 3 is 2.27 bits per heavy atom. The van der Waals surface area contributed by atoms with Crippen LogP contribution in [-0.4, -0.2) is 17.6 Å². The summed E-state index contributed by atoms with van der Waals surface area (Å²) in [5.41, 5.74) is 2.32. The normalized spacial score (nSPS) is 16.4. The van der Waals surface area contributed by atoms with Crippen molar-refractivity contribution in [2.75, 3.05) is 10.2 Å². The minimum absolute atomic E-state index is 0.159. The van der Waals surface area contributed by atoms with E-state index in [-0.39, 0.29) is 18.2 Å². The van der Waals surface area contributed by atoms with Crippen LogP contribution in [0.2, 0.25) is 0 Å². The zero-order chi connectivity index (χ0) is 22.6. The van der Waals surface area contributed by atoms with E-state index in [0.29, 0.717) is 17.9 Å². The van der Waals surface area contributed by atoms with Crippen LogP contribution >= 0.6 is 0 Å². The number of anilines is 2. The van der Waals surface area contributed by atoms with Gasteiger partial charge < -0.3 is 5.32 Å². The molecule has 5 heteroatoms. The van der Waals surface area contributed by atoms with E-state index in [1.54, 1.807) is 0 Å². The smallest absolute Gasteiger partial charge is 0.237 e. The van der Waals surface area contributed by atoms with Crippen LogP contribution < -0.4 is 10.2 Å². The van der Waals surface area contributed by atoms with Crippen molar-refractivity contribution < 1.29 is 9.59 Å². The van der Waals surface area contributed by atoms with Gasteiger partial charge in [-0.1, -0.05) is 72.8 Å². The fourth-order valence-electron chi connectivity index (χ4n) is 4.22. The number of nitrogens with zero attached hydrogens (tertiary/aromatic N) is 2. The number of nitrogens with one attached hydrogen (secondary N) is 1. The number of amides is 2. The number of hydrogen-bond acceptors (Lipinski definition) is 3. The fraction of sp³-hybridized carbons (Fsp3) is 0.107. The van der Waals surface area contributed by atoms with Crippen LogP contribution in [0.25, 0.3) is 10.8 Å². The predicted molar refractivity (Wildman–Crippen MR) is 133 cm³/mol. The van der Waals surface area contributed by atoms with Gasteiger partial charge in [0.1, 0.15) is 5.84 Å². The van der Waals surface area contributed by atoms with E-state index in [1.807, 2.05) is 103 Å². The van der Waals surface area contributed by atoms with Crippen molar-refractivity contribution in [3.63, 3.8) is 0 Å².